The second-order valence-corrected chi connectivity index (χ2v) is 12.6. The number of rotatable bonds is 26. The second-order valence-electron chi connectivity index (χ2n) is 12.6. The van der Waals surface area contributed by atoms with Crippen LogP contribution in [0.5, 0.6) is 0 Å². The molecule has 1 unspecified atom stereocenters. The van der Waals surface area contributed by atoms with Gasteiger partial charge in [-0.1, -0.05) is 96.8 Å². The van der Waals surface area contributed by atoms with E-state index in [2.05, 4.69) is 12.2 Å². The number of hydrogen-bond acceptors (Lipinski definition) is 12. The number of aliphatic hydroxyl groups excluding tert-OH is 1. The molecule has 1 heterocycles. The number of amides is 1. The van der Waals surface area contributed by atoms with Gasteiger partial charge in [0.05, 0.1) is 6.61 Å². The van der Waals surface area contributed by atoms with Crippen molar-refractivity contribution in [2.45, 2.75) is 174 Å². The highest BCUT2D eigenvalue weighted by Gasteiger charge is 2.51. The molecule has 1 aliphatic heterocycles. The summed E-state index contributed by atoms with van der Waals surface area (Å²) in [5.41, 5.74) is 0. The predicted octanol–water partition coefficient (Wildman–Crippen LogP) is 4.82. The monoisotopic (exact) mass is 687 g/mol. The molecule has 0 aliphatic carbocycles. The molecule has 1 fully saturated rings. The van der Waals surface area contributed by atoms with E-state index in [-0.39, 0.29) is 26.2 Å². The third-order valence-electron chi connectivity index (χ3n) is 7.95. The number of carbonyl (C=O) groups excluding carboxylic acids is 5. The van der Waals surface area contributed by atoms with Crippen LogP contribution in [0.4, 0.5) is 0 Å². The van der Waals surface area contributed by atoms with Crippen molar-refractivity contribution in [3.8, 4) is 0 Å². The quantitative estimate of drug-likeness (QED) is 0.0722. The molecule has 0 radical (unpaired) electrons. The molecule has 1 rings (SSSR count). The summed E-state index contributed by atoms with van der Waals surface area (Å²) < 4.78 is 32.6. The van der Waals surface area contributed by atoms with E-state index in [0.29, 0.717) is 6.42 Å². The molecule has 0 aromatic carbocycles. The Labute approximate surface area is 286 Å². The summed E-state index contributed by atoms with van der Waals surface area (Å²) >= 11 is 0. The molecule has 0 bridgehead atoms. The Morgan fingerprint density at radius 2 is 1.17 bits per heavy atom. The van der Waals surface area contributed by atoms with Crippen molar-refractivity contribution in [3.63, 3.8) is 0 Å². The first-order valence-corrected chi connectivity index (χ1v) is 17.8. The van der Waals surface area contributed by atoms with Gasteiger partial charge in [0.1, 0.15) is 31.5 Å². The van der Waals surface area contributed by atoms with E-state index in [1.807, 2.05) is 0 Å². The summed E-state index contributed by atoms with van der Waals surface area (Å²) in [6, 6.07) is -1.16. The first-order valence-electron chi connectivity index (χ1n) is 17.8. The van der Waals surface area contributed by atoms with Crippen molar-refractivity contribution >= 4 is 29.8 Å². The lowest BCUT2D eigenvalue weighted by atomic mass is 9.96. The second kappa shape index (κ2) is 26.1. The third kappa shape index (κ3) is 20.6. The Morgan fingerprint density at radius 1 is 0.667 bits per heavy atom. The van der Waals surface area contributed by atoms with E-state index in [9.17, 15) is 29.1 Å². The van der Waals surface area contributed by atoms with Crippen LogP contribution in [0.1, 0.15) is 137 Å². The van der Waals surface area contributed by atoms with Gasteiger partial charge in [0.2, 0.25) is 5.91 Å². The summed E-state index contributed by atoms with van der Waals surface area (Å²) in [6.45, 7) is 5.85. The molecule has 0 saturated carbocycles. The zero-order valence-electron chi connectivity index (χ0n) is 29.8. The molecule has 1 aliphatic rings. The molecule has 1 saturated heterocycles. The van der Waals surface area contributed by atoms with Gasteiger partial charge in [0.15, 0.2) is 18.5 Å². The Kier molecular flexibility index (Phi) is 23.6. The van der Waals surface area contributed by atoms with Crippen LogP contribution >= 0.6 is 0 Å². The maximum atomic E-state index is 12.2. The van der Waals surface area contributed by atoms with Crippen LogP contribution in [0, 0.1) is 0 Å². The van der Waals surface area contributed by atoms with Gasteiger partial charge in [0.25, 0.3) is 0 Å². The molecule has 1 amide bonds. The van der Waals surface area contributed by atoms with Gasteiger partial charge in [0, 0.05) is 34.1 Å². The van der Waals surface area contributed by atoms with Gasteiger partial charge >= 0.3 is 23.9 Å². The summed E-state index contributed by atoms with van der Waals surface area (Å²) in [6.07, 6.45) is 12.5. The molecule has 0 aromatic rings. The number of ether oxygens (including phenoxy) is 6. The Hall–Kier alpha value is -2.77. The van der Waals surface area contributed by atoms with E-state index in [1.165, 1.54) is 84.5 Å². The first-order chi connectivity index (χ1) is 22.9. The minimum Gasteiger partial charge on any atom is -0.463 e. The van der Waals surface area contributed by atoms with Gasteiger partial charge in [-0.3, -0.25) is 24.0 Å². The third-order valence-corrected chi connectivity index (χ3v) is 7.95. The maximum Gasteiger partial charge on any atom is 0.305 e. The van der Waals surface area contributed by atoms with E-state index in [1.54, 1.807) is 0 Å². The zero-order chi connectivity index (χ0) is 35.7. The molecular formula is C35H61NO12. The maximum absolute atomic E-state index is 12.2. The minimum atomic E-state index is -1.32. The van der Waals surface area contributed by atoms with Gasteiger partial charge in [-0.25, -0.2) is 0 Å². The Morgan fingerprint density at radius 3 is 1.65 bits per heavy atom. The van der Waals surface area contributed by atoms with E-state index in [4.69, 9.17) is 28.4 Å². The number of carbonyl (C=O) groups is 5. The smallest absolute Gasteiger partial charge is 0.305 e. The lowest BCUT2D eigenvalue weighted by Gasteiger charge is -2.45. The average molecular weight is 688 g/mol. The molecule has 48 heavy (non-hydrogen) atoms. The fourth-order valence-electron chi connectivity index (χ4n) is 5.59. The number of hydrogen-bond donors (Lipinski definition) is 2. The number of unbranched alkanes of at least 4 members (excludes halogenated alkanes) is 14. The SMILES string of the molecule is CCCCCCCCCCCCCCCCCC(=O)OCC(O)CO[C@@H]1O[C@H](COC(C)=O)[C@@H](OC(C)=O)[C@H](OC(C)=O)[C@@H]1NC(C)=O. The van der Waals surface area contributed by atoms with E-state index in [0.717, 1.165) is 33.1 Å². The number of nitrogens with one attached hydrogen (secondary N) is 1. The highest BCUT2D eigenvalue weighted by Crippen LogP contribution is 2.28. The zero-order valence-corrected chi connectivity index (χ0v) is 29.8. The molecule has 6 atom stereocenters. The van der Waals surface area contributed by atoms with E-state index < -0.39 is 66.5 Å². The summed E-state index contributed by atoms with van der Waals surface area (Å²) in [5.74, 6) is -3.04. The molecule has 13 nitrogen and oxygen atoms in total. The van der Waals surface area contributed by atoms with Crippen molar-refractivity contribution in [2.75, 3.05) is 19.8 Å². The lowest BCUT2D eigenvalue weighted by molar-refractivity contribution is -0.281. The fraction of sp³-hybridized carbons (Fsp3) is 0.857. The fourth-order valence-corrected chi connectivity index (χ4v) is 5.59. The summed E-state index contributed by atoms with van der Waals surface area (Å²) in [7, 11) is 0. The predicted molar refractivity (Wildman–Crippen MR) is 176 cm³/mol. The van der Waals surface area contributed by atoms with Crippen molar-refractivity contribution < 1.29 is 57.5 Å². The summed E-state index contributed by atoms with van der Waals surface area (Å²) in [4.78, 5) is 59.6. The van der Waals surface area contributed by atoms with Crippen LogP contribution in [0.2, 0.25) is 0 Å². The van der Waals surface area contributed by atoms with Crippen LogP contribution < -0.4 is 5.32 Å². The highest BCUT2D eigenvalue weighted by molar-refractivity contribution is 5.73. The van der Waals surface area contributed by atoms with Crippen molar-refractivity contribution in [3.05, 3.63) is 0 Å². The van der Waals surface area contributed by atoms with Gasteiger partial charge in [-0.15, -0.1) is 0 Å². The first kappa shape index (κ1) is 43.3. The van der Waals surface area contributed by atoms with Crippen LogP contribution in [0.15, 0.2) is 0 Å². The standard InChI is InChI=1S/C35H61NO12/c1-6-7-8-9-10-11-12-13-14-15-16-17-18-19-20-21-31(42)44-22-29(41)23-45-35-32(36-25(2)37)34(47-28(5)40)33(46-27(4)39)30(48-35)24-43-26(3)38/h29-30,32-35,41H,6-24H2,1-5H3,(H,36,37)/t29?,30-,32+,33-,34-,35-/m1/s1. The molecule has 278 valence electrons. The molecule has 0 aromatic heterocycles. The number of aliphatic hydroxyl groups is 1. The minimum absolute atomic E-state index is 0.252. The van der Waals surface area contributed by atoms with Crippen LogP contribution in [0.3, 0.4) is 0 Å². The molecule has 13 heteroatoms. The van der Waals surface area contributed by atoms with Crippen molar-refractivity contribution in [2.24, 2.45) is 0 Å². The molecule has 0 spiro atoms. The largest absolute Gasteiger partial charge is 0.463 e. The molecule has 2 N–H and O–H groups in total. The summed E-state index contributed by atoms with van der Waals surface area (Å²) in [5, 5.41) is 13.0. The topological polar surface area (TPSA) is 173 Å². The Bertz CT molecular complexity index is 945. The van der Waals surface area contributed by atoms with E-state index >= 15 is 0 Å². The lowest BCUT2D eigenvalue weighted by Crippen LogP contribution is -2.66. The van der Waals surface area contributed by atoms with Crippen LogP contribution in [-0.2, 0) is 52.4 Å². The van der Waals surface area contributed by atoms with Crippen LogP contribution in [-0.4, -0.2) is 91.5 Å². The van der Waals surface area contributed by atoms with Crippen molar-refractivity contribution in [1.82, 2.24) is 5.32 Å². The normalized spacial score (nSPS) is 21.2. The Balaban J connectivity index is 2.45. The number of esters is 4. The van der Waals surface area contributed by atoms with Crippen LogP contribution in [0.25, 0.3) is 0 Å². The van der Waals surface area contributed by atoms with Gasteiger partial charge < -0.3 is 38.8 Å². The molecular weight excluding hydrogens is 626 g/mol. The van der Waals surface area contributed by atoms with Gasteiger partial charge in [-0.05, 0) is 6.42 Å². The van der Waals surface area contributed by atoms with Crippen molar-refractivity contribution in [1.29, 1.82) is 0 Å². The highest BCUT2D eigenvalue weighted by atomic mass is 16.7. The van der Waals surface area contributed by atoms with Gasteiger partial charge in [-0.2, -0.15) is 0 Å². The average Bonchev–Trinajstić information content (AvgIpc) is 3.01.